The first-order valence-electron chi connectivity index (χ1n) is 16.1. The van der Waals surface area contributed by atoms with E-state index < -0.39 is 8.07 Å². The van der Waals surface area contributed by atoms with E-state index in [-0.39, 0.29) is 17.5 Å². The fourth-order valence-corrected chi connectivity index (χ4v) is 10.9. The second-order valence-corrected chi connectivity index (χ2v) is 19.8. The summed E-state index contributed by atoms with van der Waals surface area (Å²) in [5, 5.41) is 3.06. The zero-order chi connectivity index (χ0) is 30.8. The van der Waals surface area contributed by atoms with Gasteiger partial charge in [0.1, 0.15) is 8.07 Å². The largest absolute Gasteiger partial charge is 0.312 e. The summed E-state index contributed by atoms with van der Waals surface area (Å²) in [6.45, 7) is 19.1. The van der Waals surface area contributed by atoms with Gasteiger partial charge in [0.05, 0.1) is 0 Å². The Balaban J connectivity index is 1.46. The maximum Gasteiger partial charge on any atom is 0.252 e. The van der Waals surface area contributed by atoms with Gasteiger partial charge in [0.15, 0.2) is 0 Å². The number of hydrogen-bond acceptors (Lipinski definition) is 2. The third kappa shape index (κ3) is 3.73. The summed E-state index contributed by atoms with van der Waals surface area (Å²) >= 11 is 0. The number of fused-ring (bicyclic) bond motifs is 6. The van der Waals surface area contributed by atoms with Crippen LogP contribution in [0.3, 0.4) is 0 Å². The van der Waals surface area contributed by atoms with Crippen LogP contribution in [0, 0.1) is 0 Å². The minimum atomic E-state index is -1.92. The minimum Gasteiger partial charge on any atom is -0.312 e. The van der Waals surface area contributed by atoms with Gasteiger partial charge in [-0.2, -0.15) is 0 Å². The Kier molecular flexibility index (Phi) is 5.64. The first-order valence-corrected chi connectivity index (χ1v) is 19.1. The summed E-state index contributed by atoms with van der Waals surface area (Å²) in [4.78, 5) is 5.12. The van der Waals surface area contributed by atoms with Crippen LogP contribution in [-0.2, 0) is 10.8 Å². The second-order valence-electron chi connectivity index (χ2n) is 15.5. The molecular weight excluding hydrogens is 547 g/mol. The Bertz CT molecular complexity index is 1980. The Morgan fingerprint density at radius 3 is 1.82 bits per heavy atom. The smallest absolute Gasteiger partial charge is 0.252 e. The average Bonchev–Trinajstić information content (AvgIpc) is 2.99. The summed E-state index contributed by atoms with van der Waals surface area (Å²) in [5.74, 6) is 0. The summed E-state index contributed by atoms with van der Waals surface area (Å²) in [5.41, 5.74) is 15.0. The fraction of sp³-hybridized carbons (Fsp3) is 0.250. The molecule has 0 aromatic heterocycles. The van der Waals surface area contributed by atoms with E-state index in [0.717, 1.165) is 0 Å². The Labute approximate surface area is 264 Å². The van der Waals surface area contributed by atoms with Crippen LogP contribution in [-0.4, -0.2) is 14.8 Å². The molecule has 0 spiro atoms. The van der Waals surface area contributed by atoms with Crippen LogP contribution in [0.15, 0.2) is 103 Å². The molecule has 0 fully saturated rings. The van der Waals surface area contributed by atoms with Crippen LogP contribution in [0.2, 0.25) is 13.1 Å². The van der Waals surface area contributed by atoms with Gasteiger partial charge in [-0.05, 0) is 85.1 Å². The molecule has 0 bridgehead atoms. The lowest BCUT2D eigenvalue weighted by atomic mass is 9.33. The SMILES string of the molecule is CC(C)(C)c1ccc(N2c3ccc(C(C)(C)C)cc3B3c4cccc5c4N(c4ccccc4[Si]5(C)C)c4cccc2c43)cc1. The fourth-order valence-electron chi connectivity index (χ4n) is 7.94. The van der Waals surface area contributed by atoms with Gasteiger partial charge in [-0.25, -0.2) is 0 Å². The van der Waals surface area contributed by atoms with Gasteiger partial charge >= 0.3 is 0 Å². The molecule has 44 heavy (non-hydrogen) atoms. The standard InChI is InChI=1S/C40H41BN2Si/c1-39(2,3)26-19-22-28(23-20-26)42-31-24-21-27(40(4,5)6)25-30(31)41-29-13-11-18-36-38(29)43(34-16-12-15-33(42)37(34)41)32-14-9-10-17-35(32)44(36,7)8/h9-25H,1-8H3. The number of para-hydroxylation sites is 2. The van der Waals surface area contributed by atoms with Crippen molar-refractivity contribution < 1.29 is 0 Å². The number of anilines is 6. The molecule has 0 amide bonds. The van der Waals surface area contributed by atoms with Gasteiger partial charge < -0.3 is 9.80 Å². The van der Waals surface area contributed by atoms with Gasteiger partial charge in [-0.3, -0.25) is 0 Å². The summed E-state index contributed by atoms with van der Waals surface area (Å²) in [7, 11) is -1.92. The van der Waals surface area contributed by atoms with Gasteiger partial charge in [0.25, 0.3) is 6.71 Å². The van der Waals surface area contributed by atoms with Crippen molar-refractivity contribution in [3.05, 3.63) is 114 Å². The molecule has 0 atom stereocenters. The molecule has 2 nitrogen and oxygen atoms in total. The van der Waals surface area contributed by atoms with E-state index in [0.29, 0.717) is 0 Å². The zero-order valence-corrected chi connectivity index (χ0v) is 28.3. The molecule has 3 aliphatic rings. The van der Waals surface area contributed by atoms with Crippen molar-refractivity contribution in [2.24, 2.45) is 0 Å². The highest BCUT2D eigenvalue weighted by Crippen LogP contribution is 2.45. The van der Waals surface area contributed by atoms with E-state index in [4.69, 9.17) is 0 Å². The van der Waals surface area contributed by atoms with Gasteiger partial charge in [0, 0.05) is 34.1 Å². The van der Waals surface area contributed by atoms with Crippen LogP contribution in [0.25, 0.3) is 0 Å². The average molecular weight is 589 g/mol. The lowest BCUT2D eigenvalue weighted by molar-refractivity contribution is 0.590. The van der Waals surface area contributed by atoms with Crippen molar-refractivity contribution in [2.45, 2.75) is 65.5 Å². The van der Waals surface area contributed by atoms with Crippen LogP contribution in [0.1, 0.15) is 52.7 Å². The molecule has 0 saturated carbocycles. The van der Waals surface area contributed by atoms with Gasteiger partial charge in [-0.1, -0.05) is 121 Å². The van der Waals surface area contributed by atoms with Crippen molar-refractivity contribution in [1.82, 2.24) is 0 Å². The number of hydrogen-bond donors (Lipinski definition) is 0. The van der Waals surface area contributed by atoms with E-state index >= 15 is 0 Å². The molecular formula is C40H41BN2Si. The Hall–Kier alpha value is -4.02. The molecule has 0 unspecified atom stereocenters. The normalized spacial score (nSPS) is 15.8. The highest BCUT2D eigenvalue weighted by Gasteiger charge is 2.48. The van der Waals surface area contributed by atoms with E-state index in [2.05, 4.69) is 168 Å². The molecule has 0 radical (unpaired) electrons. The molecule has 3 aliphatic heterocycles. The molecule has 218 valence electrons. The third-order valence-electron chi connectivity index (χ3n) is 10.4. The maximum atomic E-state index is 2.60. The van der Waals surface area contributed by atoms with Crippen molar-refractivity contribution in [3.63, 3.8) is 0 Å². The number of nitrogens with zero attached hydrogens (tertiary/aromatic N) is 2. The van der Waals surface area contributed by atoms with Crippen molar-refractivity contribution in [2.75, 3.05) is 9.80 Å². The maximum absolute atomic E-state index is 2.60. The van der Waals surface area contributed by atoms with Crippen LogP contribution in [0.5, 0.6) is 0 Å². The number of benzene rings is 5. The lowest BCUT2D eigenvalue weighted by Crippen LogP contribution is -2.67. The summed E-state index contributed by atoms with van der Waals surface area (Å²) < 4.78 is 0. The first-order chi connectivity index (χ1) is 20.9. The molecule has 3 heterocycles. The topological polar surface area (TPSA) is 6.48 Å². The van der Waals surface area contributed by atoms with Crippen molar-refractivity contribution in [3.8, 4) is 0 Å². The third-order valence-corrected chi connectivity index (χ3v) is 13.9. The number of rotatable bonds is 1. The van der Waals surface area contributed by atoms with Crippen LogP contribution >= 0.6 is 0 Å². The molecule has 0 saturated heterocycles. The lowest BCUT2D eigenvalue weighted by Gasteiger charge is -2.49. The summed E-state index contributed by atoms with van der Waals surface area (Å²) in [6.07, 6.45) is 0. The van der Waals surface area contributed by atoms with E-state index in [9.17, 15) is 0 Å². The molecule has 4 heteroatoms. The van der Waals surface area contributed by atoms with Crippen molar-refractivity contribution in [1.29, 1.82) is 0 Å². The Morgan fingerprint density at radius 2 is 1.11 bits per heavy atom. The highest BCUT2D eigenvalue weighted by molar-refractivity contribution is 7.05. The van der Waals surface area contributed by atoms with E-state index in [1.54, 1.807) is 5.19 Å². The van der Waals surface area contributed by atoms with Gasteiger partial charge in [-0.15, -0.1) is 0 Å². The van der Waals surface area contributed by atoms with Crippen LogP contribution in [0.4, 0.5) is 34.1 Å². The highest BCUT2D eigenvalue weighted by atomic mass is 28.3. The predicted molar refractivity (Wildman–Crippen MR) is 195 cm³/mol. The predicted octanol–water partition coefficient (Wildman–Crippen LogP) is 7.50. The first kappa shape index (κ1) is 27.5. The van der Waals surface area contributed by atoms with Gasteiger partial charge in [0.2, 0.25) is 0 Å². The quantitative estimate of drug-likeness (QED) is 0.183. The monoisotopic (exact) mass is 588 g/mol. The second kappa shape index (κ2) is 9.01. The Morgan fingerprint density at radius 1 is 0.523 bits per heavy atom. The zero-order valence-electron chi connectivity index (χ0n) is 27.3. The van der Waals surface area contributed by atoms with Crippen LogP contribution < -0.4 is 36.6 Å². The summed E-state index contributed by atoms with van der Waals surface area (Å²) in [6, 6.07) is 39.8. The molecule has 5 aromatic rings. The van der Waals surface area contributed by atoms with E-state index in [1.165, 1.54) is 66.8 Å². The molecule has 0 N–H and O–H groups in total. The van der Waals surface area contributed by atoms with Crippen molar-refractivity contribution >= 4 is 75.7 Å². The van der Waals surface area contributed by atoms with E-state index in [1.807, 2.05) is 0 Å². The molecule has 8 rings (SSSR count). The molecule has 0 aliphatic carbocycles. The minimum absolute atomic E-state index is 0.0542. The molecule has 5 aromatic carbocycles.